The standard InChI is InChI=1S/C11H12F2N2/c1-15-5-3-2-4-8-6-10(13)11(14)7-9(8)12/h6-7,15H,3,5,14H2,1H3. The SMILES string of the molecule is CNCCC#Cc1cc(F)c(N)cc1F. The summed E-state index contributed by atoms with van der Waals surface area (Å²) in [5, 5.41) is 2.90. The molecule has 0 aromatic heterocycles. The van der Waals surface area contributed by atoms with Crippen molar-refractivity contribution >= 4 is 5.69 Å². The smallest absolute Gasteiger partial charge is 0.147 e. The van der Waals surface area contributed by atoms with Crippen LogP contribution in [0.4, 0.5) is 14.5 Å². The summed E-state index contributed by atoms with van der Waals surface area (Å²) in [6, 6.07) is 1.95. The molecule has 1 rings (SSSR count). The Labute approximate surface area is 87.5 Å². The predicted octanol–water partition coefficient (Wildman–Crippen LogP) is 1.51. The highest BCUT2D eigenvalue weighted by molar-refractivity contribution is 5.47. The zero-order valence-electron chi connectivity index (χ0n) is 8.40. The van der Waals surface area contributed by atoms with Gasteiger partial charge in [-0.3, -0.25) is 0 Å². The van der Waals surface area contributed by atoms with Crippen molar-refractivity contribution in [1.29, 1.82) is 0 Å². The largest absolute Gasteiger partial charge is 0.396 e. The van der Waals surface area contributed by atoms with Gasteiger partial charge in [0.05, 0.1) is 11.3 Å². The molecule has 0 saturated carbocycles. The molecule has 2 nitrogen and oxygen atoms in total. The fourth-order valence-corrected chi connectivity index (χ4v) is 1.00. The maximum absolute atomic E-state index is 13.2. The van der Waals surface area contributed by atoms with E-state index < -0.39 is 11.6 Å². The Kier molecular flexibility index (Phi) is 4.07. The minimum atomic E-state index is -0.644. The molecule has 0 aliphatic carbocycles. The number of anilines is 1. The molecular formula is C11H12F2N2. The first kappa shape index (κ1) is 11.5. The summed E-state index contributed by atoms with van der Waals surface area (Å²) < 4.78 is 26.1. The fraction of sp³-hybridized carbons (Fsp3) is 0.273. The van der Waals surface area contributed by atoms with Gasteiger partial charge in [0.1, 0.15) is 11.6 Å². The molecular weight excluding hydrogens is 198 g/mol. The Hall–Kier alpha value is -1.60. The lowest BCUT2D eigenvalue weighted by atomic mass is 10.2. The van der Waals surface area contributed by atoms with Gasteiger partial charge in [-0.05, 0) is 13.1 Å². The van der Waals surface area contributed by atoms with Crippen molar-refractivity contribution in [2.75, 3.05) is 19.3 Å². The number of rotatable bonds is 2. The second kappa shape index (κ2) is 5.32. The highest BCUT2D eigenvalue weighted by Gasteiger charge is 2.04. The number of hydrogen-bond acceptors (Lipinski definition) is 2. The molecule has 0 heterocycles. The van der Waals surface area contributed by atoms with E-state index in [1.165, 1.54) is 0 Å². The van der Waals surface area contributed by atoms with Crippen molar-refractivity contribution in [3.8, 4) is 11.8 Å². The van der Waals surface area contributed by atoms with Crippen molar-refractivity contribution in [2.45, 2.75) is 6.42 Å². The van der Waals surface area contributed by atoms with Gasteiger partial charge in [0.15, 0.2) is 0 Å². The Balaban J connectivity index is 2.84. The first-order chi connectivity index (χ1) is 7.15. The summed E-state index contributed by atoms with van der Waals surface area (Å²) >= 11 is 0. The van der Waals surface area contributed by atoms with E-state index in [1.807, 2.05) is 0 Å². The number of nitrogens with one attached hydrogen (secondary N) is 1. The summed E-state index contributed by atoms with van der Waals surface area (Å²) in [5.74, 6) is 4.05. The zero-order chi connectivity index (χ0) is 11.3. The van der Waals surface area contributed by atoms with Crippen LogP contribution in [-0.2, 0) is 0 Å². The normalized spacial score (nSPS) is 9.53. The van der Waals surface area contributed by atoms with Crippen molar-refractivity contribution in [3.05, 3.63) is 29.3 Å². The van der Waals surface area contributed by atoms with Gasteiger partial charge >= 0.3 is 0 Å². The fourth-order valence-electron chi connectivity index (χ4n) is 1.00. The minimum absolute atomic E-state index is 0.0396. The van der Waals surface area contributed by atoms with Crippen LogP contribution in [-0.4, -0.2) is 13.6 Å². The molecule has 15 heavy (non-hydrogen) atoms. The lowest BCUT2D eigenvalue weighted by Gasteiger charge is -1.98. The lowest BCUT2D eigenvalue weighted by Crippen LogP contribution is -2.05. The van der Waals surface area contributed by atoms with Crippen molar-refractivity contribution < 1.29 is 8.78 Å². The van der Waals surface area contributed by atoms with Gasteiger partial charge in [-0.1, -0.05) is 11.8 Å². The summed E-state index contributed by atoms with van der Waals surface area (Å²) in [5.41, 5.74) is 5.03. The third kappa shape index (κ3) is 3.22. The number of nitrogen functional groups attached to an aromatic ring is 1. The molecule has 0 atom stereocenters. The molecule has 3 N–H and O–H groups in total. The van der Waals surface area contributed by atoms with Crippen LogP contribution in [0.3, 0.4) is 0 Å². The second-order valence-electron chi connectivity index (χ2n) is 3.01. The van der Waals surface area contributed by atoms with E-state index in [4.69, 9.17) is 5.73 Å². The first-order valence-electron chi connectivity index (χ1n) is 4.53. The zero-order valence-corrected chi connectivity index (χ0v) is 8.40. The van der Waals surface area contributed by atoms with Crippen LogP contribution < -0.4 is 11.1 Å². The molecule has 0 aliphatic heterocycles. The summed E-state index contributed by atoms with van der Waals surface area (Å²) in [7, 11) is 1.80. The molecule has 0 radical (unpaired) electrons. The van der Waals surface area contributed by atoms with Crippen LogP contribution >= 0.6 is 0 Å². The second-order valence-corrected chi connectivity index (χ2v) is 3.01. The maximum atomic E-state index is 13.2. The number of halogens is 2. The Morgan fingerprint density at radius 3 is 2.73 bits per heavy atom. The van der Waals surface area contributed by atoms with E-state index >= 15 is 0 Å². The van der Waals surface area contributed by atoms with Crippen LogP contribution in [0.25, 0.3) is 0 Å². The molecule has 0 amide bonds. The van der Waals surface area contributed by atoms with E-state index in [0.717, 1.165) is 12.1 Å². The van der Waals surface area contributed by atoms with E-state index in [0.29, 0.717) is 13.0 Å². The maximum Gasteiger partial charge on any atom is 0.147 e. The third-order valence-corrected chi connectivity index (χ3v) is 1.81. The summed E-state index contributed by atoms with van der Waals surface area (Å²) in [6.07, 6.45) is 0.585. The van der Waals surface area contributed by atoms with Crippen LogP contribution in [0.2, 0.25) is 0 Å². The predicted molar refractivity (Wildman–Crippen MR) is 56.2 cm³/mol. The van der Waals surface area contributed by atoms with Crippen LogP contribution in [0.1, 0.15) is 12.0 Å². The molecule has 0 aliphatic rings. The van der Waals surface area contributed by atoms with Crippen molar-refractivity contribution in [3.63, 3.8) is 0 Å². The number of nitrogens with two attached hydrogens (primary N) is 1. The molecule has 0 spiro atoms. The quantitative estimate of drug-likeness (QED) is 0.441. The van der Waals surface area contributed by atoms with Gasteiger partial charge in [0.2, 0.25) is 0 Å². The van der Waals surface area contributed by atoms with Gasteiger partial charge in [0, 0.05) is 19.0 Å². The highest BCUT2D eigenvalue weighted by atomic mass is 19.1. The van der Waals surface area contributed by atoms with Crippen LogP contribution in [0.15, 0.2) is 12.1 Å². The van der Waals surface area contributed by atoms with Gasteiger partial charge < -0.3 is 11.1 Å². The molecule has 1 aromatic carbocycles. The molecule has 0 bridgehead atoms. The molecule has 0 fully saturated rings. The van der Waals surface area contributed by atoms with Crippen LogP contribution in [0.5, 0.6) is 0 Å². The average Bonchev–Trinajstić information content (AvgIpc) is 2.20. The first-order valence-corrected chi connectivity index (χ1v) is 4.53. The summed E-state index contributed by atoms with van der Waals surface area (Å²) in [4.78, 5) is 0. The third-order valence-electron chi connectivity index (χ3n) is 1.81. The molecule has 0 saturated heterocycles. The minimum Gasteiger partial charge on any atom is -0.396 e. The highest BCUT2D eigenvalue weighted by Crippen LogP contribution is 2.15. The van der Waals surface area contributed by atoms with Crippen molar-refractivity contribution in [1.82, 2.24) is 5.32 Å². The number of hydrogen-bond donors (Lipinski definition) is 2. The molecule has 80 valence electrons. The lowest BCUT2D eigenvalue weighted by molar-refractivity contribution is 0.601. The van der Waals surface area contributed by atoms with Gasteiger partial charge in [-0.2, -0.15) is 0 Å². The van der Waals surface area contributed by atoms with E-state index in [2.05, 4.69) is 17.2 Å². The molecule has 1 aromatic rings. The molecule has 4 heteroatoms. The van der Waals surface area contributed by atoms with Crippen molar-refractivity contribution in [2.24, 2.45) is 0 Å². The molecule has 0 unspecified atom stereocenters. The van der Waals surface area contributed by atoms with Crippen LogP contribution in [0, 0.1) is 23.5 Å². The summed E-state index contributed by atoms with van der Waals surface area (Å²) in [6.45, 7) is 0.714. The van der Waals surface area contributed by atoms with Gasteiger partial charge in [-0.25, -0.2) is 8.78 Å². The Morgan fingerprint density at radius 2 is 2.07 bits per heavy atom. The monoisotopic (exact) mass is 210 g/mol. The van der Waals surface area contributed by atoms with Gasteiger partial charge in [0.25, 0.3) is 0 Å². The topological polar surface area (TPSA) is 38.0 Å². The number of benzene rings is 1. The Bertz CT molecular complexity index is 405. The average molecular weight is 210 g/mol. The van der Waals surface area contributed by atoms with E-state index in [1.54, 1.807) is 7.05 Å². The van der Waals surface area contributed by atoms with E-state index in [9.17, 15) is 8.78 Å². The van der Waals surface area contributed by atoms with E-state index in [-0.39, 0.29) is 11.3 Å². The van der Waals surface area contributed by atoms with Gasteiger partial charge in [-0.15, -0.1) is 0 Å². The Morgan fingerprint density at radius 1 is 1.33 bits per heavy atom.